The van der Waals surface area contributed by atoms with Gasteiger partial charge in [-0.25, -0.2) is 4.79 Å². The molecule has 2 heterocycles. The molecule has 2 saturated heterocycles. The first kappa shape index (κ1) is 13.6. The number of aliphatic hydroxyl groups is 1. The first-order valence-corrected chi connectivity index (χ1v) is 6.39. The molecule has 1 spiro atoms. The lowest BCUT2D eigenvalue weighted by atomic mass is 9.68. The van der Waals surface area contributed by atoms with Crippen molar-refractivity contribution in [1.82, 2.24) is 10.2 Å². The Morgan fingerprint density at radius 3 is 1.94 bits per heavy atom. The van der Waals surface area contributed by atoms with Crippen LogP contribution in [0.2, 0.25) is 0 Å². The molecule has 0 aliphatic carbocycles. The van der Waals surface area contributed by atoms with Crippen molar-refractivity contribution in [3.8, 4) is 0 Å². The summed E-state index contributed by atoms with van der Waals surface area (Å²) < 4.78 is 5.59. The minimum absolute atomic E-state index is 0.197. The minimum Gasteiger partial charge on any atom is -0.437 e. The topological polar surface area (TPSA) is 61.8 Å². The van der Waals surface area contributed by atoms with Crippen LogP contribution in [0.25, 0.3) is 0 Å². The van der Waals surface area contributed by atoms with Gasteiger partial charge >= 0.3 is 6.09 Å². The molecule has 0 aromatic heterocycles. The van der Waals surface area contributed by atoms with Crippen LogP contribution in [0.1, 0.15) is 47.5 Å². The monoisotopic (exact) mass is 256 g/mol. The van der Waals surface area contributed by atoms with E-state index in [0.29, 0.717) is 12.8 Å². The third kappa shape index (κ3) is 1.80. The summed E-state index contributed by atoms with van der Waals surface area (Å²) in [6.07, 6.45) is 0.729. The van der Waals surface area contributed by atoms with E-state index < -0.39 is 17.4 Å². The van der Waals surface area contributed by atoms with Gasteiger partial charge in [0.15, 0.2) is 11.3 Å². The zero-order valence-electron chi connectivity index (χ0n) is 12.1. The number of nitrogens with one attached hydrogen (secondary N) is 1. The lowest BCUT2D eigenvalue weighted by molar-refractivity contribution is -0.176. The molecule has 1 atom stereocenters. The van der Waals surface area contributed by atoms with Crippen LogP contribution in [-0.2, 0) is 4.74 Å². The molecule has 0 saturated carbocycles. The van der Waals surface area contributed by atoms with Crippen molar-refractivity contribution in [3.05, 3.63) is 0 Å². The normalized spacial score (nSPS) is 36.8. The van der Waals surface area contributed by atoms with Crippen LogP contribution >= 0.6 is 0 Å². The molecule has 0 bridgehead atoms. The van der Waals surface area contributed by atoms with Gasteiger partial charge in [-0.2, -0.15) is 0 Å². The first-order chi connectivity index (χ1) is 7.91. The second kappa shape index (κ2) is 3.39. The van der Waals surface area contributed by atoms with E-state index in [0.717, 1.165) is 0 Å². The Bertz CT molecular complexity index is 372. The molecule has 2 N–H and O–H groups in total. The van der Waals surface area contributed by atoms with E-state index in [-0.39, 0.29) is 11.1 Å². The maximum atomic E-state index is 11.8. The van der Waals surface area contributed by atoms with Gasteiger partial charge in [-0.15, -0.1) is 0 Å². The number of carbonyl (C=O) groups excluding carboxylic acids is 1. The molecular formula is C13H24N2O3. The van der Waals surface area contributed by atoms with Crippen molar-refractivity contribution in [2.24, 2.45) is 0 Å². The fraction of sp³-hybridized carbons (Fsp3) is 0.923. The van der Waals surface area contributed by atoms with E-state index in [4.69, 9.17) is 4.74 Å². The Morgan fingerprint density at radius 1 is 1.17 bits per heavy atom. The van der Waals surface area contributed by atoms with E-state index in [1.165, 1.54) is 4.90 Å². The predicted molar refractivity (Wildman–Crippen MR) is 68.1 cm³/mol. The lowest BCUT2D eigenvalue weighted by Gasteiger charge is -2.53. The van der Waals surface area contributed by atoms with E-state index in [9.17, 15) is 9.90 Å². The number of hydrogen-bond donors (Lipinski definition) is 2. The highest BCUT2D eigenvalue weighted by molar-refractivity contribution is 5.72. The Kier molecular flexibility index (Phi) is 2.57. The maximum Gasteiger partial charge on any atom is 0.412 e. The SMILES string of the molecule is CN1C(=O)OC2(CC(C)(C)NC(C)(C)C2)[C@]1(C)O. The van der Waals surface area contributed by atoms with Crippen molar-refractivity contribution in [2.45, 2.75) is 69.9 Å². The average molecular weight is 256 g/mol. The Labute approximate surface area is 108 Å². The summed E-state index contributed by atoms with van der Waals surface area (Å²) in [6.45, 7) is 9.93. The van der Waals surface area contributed by atoms with Crippen LogP contribution in [0.15, 0.2) is 0 Å². The summed E-state index contributed by atoms with van der Waals surface area (Å²) in [5.74, 6) is 0. The lowest BCUT2D eigenvalue weighted by Crippen LogP contribution is -2.69. The van der Waals surface area contributed by atoms with Crippen LogP contribution in [0, 0.1) is 0 Å². The van der Waals surface area contributed by atoms with E-state index in [1.54, 1.807) is 14.0 Å². The number of amides is 1. The fourth-order valence-corrected chi connectivity index (χ4v) is 3.72. The second-order valence-corrected chi connectivity index (χ2v) is 7.19. The number of ether oxygens (including phenoxy) is 1. The first-order valence-electron chi connectivity index (χ1n) is 6.39. The zero-order chi connectivity index (χ0) is 14.0. The quantitative estimate of drug-likeness (QED) is 0.689. The number of nitrogens with zero attached hydrogens (tertiary/aromatic N) is 1. The van der Waals surface area contributed by atoms with Crippen molar-refractivity contribution in [1.29, 1.82) is 0 Å². The summed E-state index contributed by atoms with van der Waals surface area (Å²) in [6, 6.07) is 0. The smallest absolute Gasteiger partial charge is 0.412 e. The summed E-state index contributed by atoms with van der Waals surface area (Å²) in [4.78, 5) is 13.1. The molecule has 5 heteroatoms. The Hall–Kier alpha value is -0.810. The third-order valence-corrected chi connectivity index (χ3v) is 4.20. The number of likely N-dealkylation sites (N-methyl/N-ethyl adjacent to an activating group) is 1. The van der Waals surface area contributed by atoms with Gasteiger partial charge in [0.25, 0.3) is 0 Å². The third-order valence-electron chi connectivity index (χ3n) is 4.20. The van der Waals surface area contributed by atoms with Crippen molar-refractivity contribution in [2.75, 3.05) is 7.05 Å². The molecule has 5 nitrogen and oxygen atoms in total. The Balaban J connectivity index is 2.45. The van der Waals surface area contributed by atoms with E-state index in [1.807, 2.05) is 0 Å². The van der Waals surface area contributed by atoms with Gasteiger partial charge in [0.1, 0.15) is 0 Å². The molecule has 2 rings (SSSR count). The fourth-order valence-electron chi connectivity index (χ4n) is 3.72. The van der Waals surface area contributed by atoms with Gasteiger partial charge in [-0.1, -0.05) is 0 Å². The molecule has 1 amide bonds. The number of piperidine rings is 1. The Morgan fingerprint density at radius 2 is 1.61 bits per heavy atom. The second-order valence-electron chi connectivity index (χ2n) is 7.19. The van der Waals surface area contributed by atoms with Crippen molar-refractivity contribution < 1.29 is 14.6 Å². The molecule has 2 aliphatic heterocycles. The van der Waals surface area contributed by atoms with Gasteiger partial charge in [0, 0.05) is 31.0 Å². The van der Waals surface area contributed by atoms with Crippen molar-refractivity contribution in [3.63, 3.8) is 0 Å². The maximum absolute atomic E-state index is 11.8. The highest BCUT2D eigenvalue weighted by Gasteiger charge is 2.65. The molecule has 104 valence electrons. The number of rotatable bonds is 0. The van der Waals surface area contributed by atoms with Crippen LogP contribution in [0.3, 0.4) is 0 Å². The van der Waals surface area contributed by atoms with Gasteiger partial charge in [-0.05, 0) is 34.6 Å². The zero-order valence-corrected chi connectivity index (χ0v) is 12.1. The van der Waals surface area contributed by atoms with Gasteiger partial charge < -0.3 is 15.2 Å². The van der Waals surface area contributed by atoms with Gasteiger partial charge in [-0.3, -0.25) is 4.90 Å². The summed E-state index contributed by atoms with van der Waals surface area (Å²) in [5.41, 5.74) is -2.52. The molecule has 2 fully saturated rings. The molecule has 0 aromatic carbocycles. The highest BCUT2D eigenvalue weighted by Crippen LogP contribution is 2.49. The van der Waals surface area contributed by atoms with E-state index in [2.05, 4.69) is 33.0 Å². The van der Waals surface area contributed by atoms with Crippen LogP contribution < -0.4 is 5.32 Å². The van der Waals surface area contributed by atoms with Crippen LogP contribution in [-0.4, -0.2) is 45.6 Å². The van der Waals surface area contributed by atoms with Gasteiger partial charge in [0.2, 0.25) is 0 Å². The predicted octanol–water partition coefficient (Wildman–Crippen LogP) is 1.46. The average Bonchev–Trinajstić information content (AvgIpc) is 2.22. The summed E-state index contributed by atoms with van der Waals surface area (Å²) in [5, 5.41) is 14.3. The minimum atomic E-state index is -1.28. The molecule has 0 aromatic rings. The summed E-state index contributed by atoms with van der Waals surface area (Å²) >= 11 is 0. The molecule has 0 radical (unpaired) electrons. The standard InChI is InChI=1S/C13H24N2O3/c1-10(2)7-13(8-11(3,4)14-10)12(5,17)15(6)9(16)18-13/h14,17H,7-8H2,1-6H3/t12-/m0/s1. The van der Waals surface area contributed by atoms with E-state index >= 15 is 0 Å². The van der Waals surface area contributed by atoms with Gasteiger partial charge in [0.05, 0.1) is 0 Å². The van der Waals surface area contributed by atoms with Crippen molar-refractivity contribution >= 4 is 6.09 Å². The molecule has 18 heavy (non-hydrogen) atoms. The molecule has 2 aliphatic rings. The highest BCUT2D eigenvalue weighted by atomic mass is 16.6. The number of carbonyl (C=O) groups is 1. The largest absolute Gasteiger partial charge is 0.437 e. The summed E-state index contributed by atoms with van der Waals surface area (Å²) in [7, 11) is 1.58. The van der Waals surface area contributed by atoms with Crippen LogP contribution in [0.5, 0.6) is 0 Å². The molecular weight excluding hydrogens is 232 g/mol. The molecule has 0 unspecified atom stereocenters. The number of hydrogen-bond acceptors (Lipinski definition) is 4. The van der Waals surface area contributed by atoms with Crippen LogP contribution in [0.4, 0.5) is 4.79 Å².